The van der Waals surface area contributed by atoms with Crippen LogP contribution in [0.4, 0.5) is 8.78 Å². The summed E-state index contributed by atoms with van der Waals surface area (Å²) in [7, 11) is 4.28. The second-order valence-electron chi connectivity index (χ2n) is 4.23. The van der Waals surface area contributed by atoms with Crippen molar-refractivity contribution < 1.29 is 23.0 Å². The normalized spacial score (nSPS) is 11.7. The summed E-state index contributed by atoms with van der Waals surface area (Å²) in [5, 5.41) is 2.74. The van der Waals surface area contributed by atoms with E-state index in [1.54, 1.807) is 7.05 Å². The van der Waals surface area contributed by atoms with Gasteiger partial charge in [-0.15, -0.1) is 0 Å². The molecule has 0 bridgehead atoms. The highest BCUT2D eigenvalue weighted by molar-refractivity contribution is 5.76. The Bertz CT molecular complexity index is 499. The minimum absolute atomic E-state index is 0.0248. The number of halogens is 2. The van der Waals surface area contributed by atoms with Gasteiger partial charge in [-0.2, -0.15) is 8.78 Å². The number of carbonyl (C=O) groups is 1. The molecule has 5 nitrogen and oxygen atoms in total. The Morgan fingerprint density at radius 2 is 2.10 bits per heavy atom. The monoisotopic (exact) mass is 300 g/mol. The number of nitrogens with zero attached hydrogens (tertiary/aromatic N) is 1. The summed E-state index contributed by atoms with van der Waals surface area (Å²) >= 11 is 0. The Hall–Kier alpha value is -2.02. The van der Waals surface area contributed by atoms with E-state index < -0.39 is 18.1 Å². The lowest BCUT2D eigenvalue weighted by molar-refractivity contribution is -0.143. The molecule has 0 amide bonds. The predicted octanol–water partition coefficient (Wildman–Crippen LogP) is 2.24. The van der Waals surface area contributed by atoms with E-state index >= 15 is 0 Å². The highest BCUT2D eigenvalue weighted by Crippen LogP contribution is 2.26. The Morgan fingerprint density at radius 1 is 1.38 bits per heavy atom. The largest absolute Gasteiger partial charge is 0.481 e. The molecule has 0 saturated carbocycles. The lowest BCUT2D eigenvalue weighted by Crippen LogP contribution is -2.34. The molecule has 1 rings (SSSR count). The van der Waals surface area contributed by atoms with Gasteiger partial charge in [-0.05, 0) is 26.0 Å². The number of esters is 1. The number of hydrogen-bond donors (Lipinski definition) is 1. The van der Waals surface area contributed by atoms with Gasteiger partial charge in [0.25, 0.3) is 6.08 Å². The van der Waals surface area contributed by atoms with Crippen LogP contribution in [0.2, 0.25) is 0 Å². The van der Waals surface area contributed by atoms with Crippen LogP contribution in [0.1, 0.15) is 18.4 Å². The van der Waals surface area contributed by atoms with Crippen LogP contribution >= 0.6 is 0 Å². The van der Waals surface area contributed by atoms with Crippen molar-refractivity contribution in [2.24, 2.45) is 0 Å². The first-order valence-corrected chi connectivity index (χ1v) is 6.33. The maximum atomic E-state index is 13.1. The first-order valence-electron chi connectivity index (χ1n) is 6.33. The zero-order valence-electron chi connectivity index (χ0n) is 12.2. The fraction of sp³-hybridized carbons (Fsp3) is 0.429. The molecule has 21 heavy (non-hydrogen) atoms. The summed E-state index contributed by atoms with van der Waals surface area (Å²) in [6.45, 7) is 0. The van der Waals surface area contributed by atoms with E-state index in [0.717, 1.165) is 0 Å². The van der Waals surface area contributed by atoms with Gasteiger partial charge in [0.05, 0.1) is 14.2 Å². The first kappa shape index (κ1) is 17.0. The van der Waals surface area contributed by atoms with Crippen LogP contribution in [-0.4, -0.2) is 38.3 Å². The first-order chi connectivity index (χ1) is 10.0. The second kappa shape index (κ2) is 8.31. The minimum Gasteiger partial charge on any atom is -0.481 e. The summed E-state index contributed by atoms with van der Waals surface area (Å²) in [6.07, 6.45) is -0.250. The van der Waals surface area contributed by atoms with Gasteiger partial charge in [0.2, 0.25) is 5.88 Å². The van der Waals surface area contributed by atoms with Crippen LogP contribution in [0.25, 0.3) is 5.57 Å². The molecule has 0 spiro atoms. The number of aromatic nitrogens is 1. The van der Waals surface area contributed by atoms with Crippen LogP contribution in [0.15, 0.2) is 24.4 Å². The molecule has 1 heterocycles. The third-order valence-electron chi connectivity index (χ3n) is 3.04. The Balaban J connectivity index is 2.84. The highest BCUT2D eigenvalue weighted by atomic mass is 19.3. The Kier molecular flexibility index (Phi) is 6.74. The van der Waals surface area contributed by atoms with E-state index in [0.29, 0.717) is 11.4 Å². The number of carbonyl (C=O) groups excluding carboxylic acids is 1. The van der Waals surface area contributed by atoms with Crippen molar-refractivity contribution >= 4 is 11.5 Å². The predicted molar refractivity (Wildman–Crippen MR) is 74.0 cm³/mol. The number of ether oxygens (including phenoxy) is 2. The van der Waals surface area contributed by atoms with E-state index in [1.807, 2.05) is 0 Å². The van der Waals surface area contributed by atoms with Crippen molar-refractivity contribution in [2.75, 3.05) is 21.3 Å². The summed E-state index contributed by atoms with van der Waals surface area (Å²) in [6, 6.07) is 2.39. The lowest BCUT2D eigenvalue weighted by atomic mass is 10.0. The molecular weight excluding hydrogens is 282 g/mol. The summed E-state index contributed by atoms with van der Waals surface area (Å²) < 4.78 is 35.7. The molecule has 0 unspecified atom stereocenters. The highest BCUT2D eigenvalue weighted by Gasteiger charge is 2.19. The number of likely N-dealkylation sites (N-methyl/N-ethyl adjacent to an activating group) is 1. The third kappa shape index (κ3) is 4.78. The van der Waals surface area contributed by atoms with Crippen LogP contribution in [-0.2, 0) is 9.53 Å². The van der Waals surface area contributed by atoms with Crippen molar-refractivity contribution in [3.8, 4) is 5.88 Å². The van der Waals surface area contributed by atoms with Crippen molar-refractivity contribution in [2.45, 2.75) is 18.9 Å². The number of allylic oxidation sites excluding steroid dienone is 1. The van der Waals surface area contributed by atoms with Crippen molar-refractivity contribution in [1.29, 1.82) is 0 Å². The maximum absolute atomic E-state index is 13.1. The fourth-order valence-electron chi connectivity index (χ4n) is 1.84. The van der Waals surface area contributed by atoms with Crippen molar-refractivity contribution in [1.82, 2.24) is 10.3 Å². The fourth-order valence-corrected chi connectivity index (χ4v) is 1.84. The summed E-state index contributed by atoms with van der Waals surface area (Å²) in [5.74, 6) is -0.135. The van der Waals surface area contributed by atoms with Gasteiger partial charge in [0.15, 0.2) is 0 Å². The van der Waals surface area contributed by atoms with Gasteiger partial charge in [0, 0.05) is 23.4 Å². The molecule has 0 fully saturated rings. The van der Waals surface area contributed by atoms with Gasteiger partial charge >= 0.3 is 5.97 Å². The second-order valence-corrected chi connectivity index (χ2v) is 4.23. The van der Waals surface area contributed by atoms with E-state index in [9.17, 15) is 13.6 Å². The average Bonchev–Trinajstić information content (AvgIpc) is 2.51. The number of hydrogen-bond acceptors (Lipinski definition) is 5. The van der Waals surface area contributed by atoms with Gasteiger partial charge in [-0.1, -0.05) is 0 Å². The summed E-state index contributed by atoms with van der Waals surface area (Å²) in [5.41, 5.74) is 0.157. The Morgan fingerprint density at radius 3 is 2.52 bits per heavy atom. The van der Waals surface area contributed by atoms with E-state index in [4.69, 9.17) is 4.74 Å². The minimum atomic E-state index is -1.79. The molecule has 7 heteroatoms. The van der Waals surface area contributed by atoms with Gasteiger partial charge < -0.3 is 14.8 Å². The molecular formula is C14H18F2N2O3. The van der Waals surface area contributed by atoms with Crippen LogP contribution < -0.4 is 10.1 Å². The smallest absolute Gasteiger partial charge is 0.322 e. The number of rotatable bonds is 7. The van der Waals surface area contributed by atoms with Gasteiger partial charge in [0.1, 0.15) is 6.04 Å². The molecule has 1 aromatic heterocycles. The molecule has 1 atom stereocenters. The van der Waals surface area contributed by atoms with Gasteiger partial charge in [-0.25, -0.2) is 4.98 Å². The van der Waals surface area contributed by atoms with Crippen molar-refractivity contribution in [3.63, 3.8) is 0 Å². The Labute approximate surface area is 122 Å². The summed E-state index contributed by atoms with van der Waals surface area (Å²) in [4.78, 5) is 15.3. The number of nitrogens with one attached hydrogen (secondary N) is 1. The quantitative estimate of drug-likeness (QED) is 0.783. The van der Waals surface area contributed by atoms with E-state index in [-0.39, 0.29) is 18.4 Å². The molecule has 0 aliphatic carbocycles. The van der Waals surface area contributed by atoms with Crippen LogP contribution in [0, 0.1) is 0 Å². The van der Waals surface area contributed by atoms with E-state index in [2.05, 4.69) is 15.0 Å². The molecule has 0 aliphatic heterocycles. The SMILES string of the molecule is CN[C@@H](CCC(=C(F)F)c1ccc(OC)nc1)C(=O)OC. The molecule has 116 valence electrons. The molecule has 1 N–H and O–H groups in total. The molecule has 0 aromatic carbocycles. The van der Waals surface area contributed by atoms with Crippen LogP contribution in [0.5, 0.6) is 5.88 Å². The standard InChI is InChI=1S/C14H18F2N2O3/c1-17-11(14(19)21-3)6-5-10(13(15)16)9-4-7-12(20-2)18-8-9/h4,7-8,11,17H,5-6H2,1-3H3/t11-/m0/s1. The van der Waals surface area contributed by atoms with Crippen LogP contribution in [0.3, 0.4) is 0 Å². The van der Waals surface area contributed by atoms with Crippen molar-refractivity contribution in [3.05, 3.63) is 30.0 Å². The maximum Gasteiger partial charge on any atom is 0.322 e. The molecule has 0 saturated heterocycles. The lowest BCUT2D eigenvalue weighted by Gasteiger charge is -2.14. The average molecular weight is 300 g/mol. The number of methoxy groups -OCH3 is 2. The topological polar surface area (TPSA) is 60.5 Å². The van der Waals surface area contributed by atoms with Gasteiger partial charge in [-0.3, -0.25) is 4.79 Å². The molecule has 0 radical (unpaired) electrons. The molecule has 1 aromatic rings. The van der Waals surface area contributed by atoms with E-state index in [1.165, 1.54) is 32.5 Å². The third-order valence-corrected chi connectivity index (χ3v) is 3.04. The zero-order valence-corrected chi connectivity index (χ0v) is 12.2. The zero-order chi connectivity index (χ0) is 15.8. The molecule has 0 aliphatic rings. The number of pyridine rings is 1.